The zero-order chi connectivity index (χ0) is 19.4. The lowest BCUT2D eigenvalue weighted by atomic mass is 9.83. The summed E-state index contributed by atoms with van der Waals surface area (Å²) >= 11 is 3.10. The molecule has 0 aromatic heterocycles. The van der Waals surface area contributed by atoms with E-state index in [1.54, 1.807) is 23.5 Å². The summed E-state index contributed by atoms with van der Waals surface area (Å²) in [4.78, 5) is 21.0. The van der Waals surface area contributed by atoms with Gasteiger partial charge in [-0.05, 0) is 51.4 Å². The van der Waals surface area contributed by atoms with Gasteiger partial charge in [0, 0.05) is 11.5 Å². The average molecular weight is 409 g/mol. The van der Waals surface area contributed by atoms with Gasteiger partial charge < -0.3 is 19.7 Å². The molecule has 2 N–H and O–H groups in total. The molecular formula is C18H32O6S2. The summed E-state index contributed by atoms with van der Waals surface area (Å²) in [5.74, 6) is 0.805. The lowest BCUT2D eigenvalue weighted by Crippen LogP contribution is -2.24. The Kier molecular flexibility index (Phi) is 12.4. The summed E-state index contributed by atoms with van der Waals surface area (Å²) in [5.41, 5.74) is 0.0816. The Balaban J connectivity index is 2.05. The van der Waals surface area contributed by atoms with Gasteiger partial charge in [-0.3, -0.25) is 9.59 Å². The maximum Gasteiger partial charge on any atom is 0.304 e. The van der Waals surface area contributed by atoms with E-state index >= 15 is 0 Å². The molecule has 2 atom stereocenters. The highest BCUT2D eigenvalue weighted by atomic mass is 32.2. The topological polar surface area (TPSA) is 93.1 Å². The largest absolute Gasteiger partial charge is 0.481 e. The molecule has 6 nitrogen and oxygen atoms in total. The molecular weight excluding hydrogens is 376 g/mol. The van der Waals surface area contributed by atoms with Crippen LogP contribution in [0.1, 0.15) is 52.4 Å². The predicted molar refractivity (Wildman–Crippen MR) is 106 cm³/mol. The monoisotopic (exact) mass is 408 g/mol. The number of carboxylic acids is 2. The molecule has 0 bridgehead atoms. The smallest absolute Gasteiger partial charge is 0.304 e. The molecule has 0 aromatic rings. The van der Waals surface area contributed by atoms with Crippen LogP contribution in [-0.4, -0.2) is 57.7 Å². The van der Waals surface area contributed by atoms with E-state index in [0.29, 0.717) is 23.3 Å². The van der Waals surface area contributed by atoms with Gasteiger partial charge in [0.25, 0.3) is 0 Å². The van der Waals surface area contributed by atoms with Crippen LogP contribution in [0.4, 0.5) is 0 Å². The molecule has 8 heteroatoms. The van der Waals surface area contributed by atoms with Crippen molar-refractivity contribution in [2.75, 3.05) is 24.7 Å². The Morgan fingerprint density at radius 1 is 0.846 bits per heavy atom. The number of ether oxygens (including phenoxy) is 2. The molecule has 0 saturated heterocycles. The number of hydrogen-bond acceptors (Lipinski definition) is 6. The fraction of sp³-hybridized carbons (Fsp3) is 0.889. The van der Waals surface area contributed by atoms with Crippen LogP contribution in [0.3, 0.4) is 0 Å². The molecule has 1 aliphatic carbocycles. The van der Waals surface area contributed by atoms with Crippen LogP contribution in [0.2, 0.25) is 0 Å². The lowest BCUT2D eigenvalue weighted by Gasteiger charge is -2.29. The highest BCUT2D eigenvalue weighted by Gasteiger charge is 2.22. The zero-order valence-electron chi connectivity index (χ0n) is 15.7. The zero-order valence-corrected chi connectivity index (χ0v) is 17.4. The van der Waals surface area contributed by atoms with E-state index in [-0.39, 0.29) is 23.7 Å². The van der Waals surface area contributed by atoms with Gasteiger partial charge in [0.15, 0.2) is 0 Å². The molecule has 0 radical (unpaired) electrons. The van der Waals surface area contributed by atoms with Gasteiger partial charge in [-0.1, -0.05) is 0 Å². The molecule has 0 spiro atoms. The lowest BCUT2D eigenvalue weighted by molar-refractivity contribution is -0.137. The predicted octanol–water partition coefficient (Wildman–Crippen LogP) is 3.93. The number of carbonyl (C=O) groups is 2. The summed E-state index contributed by atoms with van der Waals surface area (Å²) in [5, 5.41) is 17.3. The quantitative estimate of drug-likeness (QED) is 0.418. The Morgan fingerprint density at radius 2 is 1.19 bits per heavy atom. The van der Waals surface area contributed by atoms with Crippen LogP contribution in [0, 0.1) is 11.8 Å². The second-order valence-electron chi connectivity index (χ2n) is 6.72. The van der Waals surface area contributed by atoms with Crippen LogP contribution < -0.4 is 0 Å². The van der Waals surface area contributed by atoms with Gasteiger partial charge in [0.05, 0.1) is 36.9 Å². The van der Waals surface area contributed by atoms with E-state index in [0.717, 1.165) is 38.9 Å². The molecule has 152 valence electrons. The molecule has 1 saturated carbocycles. The third-order valence-corrected chi connectivity index (χ3v) is 6.53. The van der Waals surface area contributed by atoms with Crippen molar-refractivity contribution in [3.05, 3.63) is 0 Å². The van der Waals surface area contributed by atoms with Crippen molar-refractivity contribution in [3.8, 4) is 0 Å². The molecule has 0 amide bonds. The number of rotatable bonds is 14. The molecule has 1 aliphatic rings. The normalized spacial score (nSPS) is 22.7. The first kappa shape index (κ1) is 23.6. The minimum atomic E-state index is -0.764. The Morgan fingerprint density at radius 3 is 1.50 bits per heavy atom. The summed E-state index contributed by atoms with van der Waals surface area (Å²) in [6.45, 7) is 5.46. The standard InChI is InChI=1S/C18H32O6S2/c1-13(25-9-7-17(19)20)23-11-15-3-5-16(6-4-15)12-24-14(2)26-10-8-18(21)22/h13-16H,3-12H2,1-2H3,(H,19,20)(H,21,22). The van der Waals surface area contributed by atoms with Crippen molar-refractivity contribution < 1.29 is 29.3 Å². The third kappa shape index (κ3) is 12.0. The highest BCUT2D eigenvalue weighted by molar-refractivity contribution is 7.99. The number of hydrogen-bond donors (Lipinski definition) is 2. The van der Waals surface area contributed by atoms with Gasteiger partial charge in [0.2, 0.25) is 0 Å². The second-order valence-corrected chi connectivity index (χ2v) is 9.53. The van der Waals surface area contributed by atoms with Crippen molar-refractivity contribution in [1.29, 1.82) is 0 Å². The molecule has 2 unspecified atom stereocenters. The van der Waals surface area contributed by atoms with Crippen LogP contribution in [-0.2, 0) is 19.1 Å². The first-order chi connectivity index (χ1) is 12.4. The van der Waals surface area contributed by atoms with Gasteiger partial charge in [-0.15, -0.1) is 23.5 Å². The maximum atomic E-state index is 10.5. The summed E-state index contributed by atoms with van der Waals surface area (Å²) < 4.78 is 11.7. The van der Waals surface area contributed by atoms with Gasteiger partial charge in [-0.2, -0.15) is 0 Å². The Hall–Kier alpha value is -0.440. The SMILES string of the molecule is CC(OCC1CCC(COC(C)SCCC(=O)O)CC1)SCCC(=O)O. The number of carboxylic acid groups (broad SMARTS) is 2. The van der Waals surface area contributed by atoms with Crippen molar-refractivity contribution in [3.63, 3.8) is 0 Å². The van der Waals surface area contributed by atoms with Crippen LogP contribution in [0.5, 0.6) is 0 Å². The molecule has 0 aromatic carbocycles. The fourth-order valence-electron chi connectivity index (χ4n) is 2.83. The van der Waals surface area contributed by atoms with Crippen LogP contribution in [0.15, 0.2) is 0 Å². The third-order valence-electron chi connectivity index (χ3n) is 4.44. The molecule has 26 heavy (non-hydrogen) atoms. The summed E-state index contributed by atoms with van der Waals surface area (Å²) in [7, 11) is 0. The van der Waals surface area contributed by atoms with E-state index < -0.39 is 11.9 Å². The van der Waals surface area contributed by atoms with E-state index in [4.69, 9.17) is 19.7 Å². The second kappa shape index (κ2) is 13.7. The van der Waals surface area contributed by atoms with Gasteiger partial charge in [0.1, 0.15) is 0 Å². The van der Waals surface area contributed by atoms with E-state index in [1.165, 1.54) is 0 Å². The maximum absolute atomic E-state index is 10.5. The molecule has 0 heterocycles. The Labute approximate surface area is 164 Å². The minimum Gasteiger partial charge on any atom is -0.481 e. The minimum absolute atomic E-state index is 0.0408. The van der Waals surface area contributed by atoms with Crippen LogP contribution in [0.25, 0.3) is 0 Å². The Bertz CT molecular complexity index is 374. The van der Waals surface area contributed by atoms with Crippen molar-refractivity contribution >= 4 is 35.5 Å². The summed E-state index contributed by atoms with van der Waals surface area (Å²) in [6, 6.07) is 0. The molecule has 1 rings (SSSR count). The van der Waals surface area contributed by atoms with Gasteiger partial charge in [-0.25, -0.2) is 0 Å². The molecule has 1 fully saturated rings. The highest BCUT2D eigenvalue weighted by Crippen LogP contribution is 2.30. The first-order valence-electron chi connectivity index (χ1n) is 9.26. The van der Waals surface area contributed by atoms with Crippen molar-refractivity contribution in [1.82, 2.24) is 0 Å². The summed E-state index contributed by atoms with van der Waals surface area (Å²) in [6.07, 6.45) is 4.91. The van der Waals surface area contributed by atoms with E-state index in [9.17, 15) is 9.59 Å². The number of thioether (sulfide) groups is 2. The van der Waals surface area contributed by atoms with Gasteiger partial charge >= 0.3 is 11.9 Å². The van der Waals surface area contributed by atoms with E-state index in [2.05, 4.69) is 0 Å². The average Bonchev–Trinajstić information content (AvgIpc) is 2.58. The van der Waals surface area contributed by atoms with E-state index in [1.807, 2.05) is 13.8 Å². The van der Waals surface area contributed by atoms with Crippen molar-refractivity contribution in [2.45, 2.75) is 63.2 Å². The molecule has 0 aliphatic heterocycles. The van der Waals surface area contributed by atoms with Crippen LogP contribution >= 0.6 is 23.5 Å². The number of aliphatic carboxylic acids is 2. The fourth-order valence-corrected chi connectivity index (χ4v) is 4.43. The van der Waals surface area contributed by atoms with Crippen molar-refractivity contribution in [2.24, 2.45) is 11.8 Å². The first-order valence-corrected chi connectivity index (χ1v) is 11.4.